The second-order valence-corrected chi connectivity index (χ2v) is 14.3. The lowest BCUT2D eigenvalue weighted by Gasteiger charge is -2.32. The van der Waals surface area contributed by atoms with Crippen LogP contribution in [0.15, 0.2) is 152 Å². The number of benzene rings is 8. The van der Waals surface area contributed by atoms with E-state index in [9.17, 15) is 0 Å². The van der Waals surface area contributed by atoms with E-state index in [1.165, 1.54) is 93.8 Å². The van der Waals surface area contributed by atoms with E-state index < -0.39 is 0 Å². The molecular formula is C48H37N. The van der Waals surface area contributed by atoms with Crippen molar-refractivity contribution in [3.05, 3.63) is 168 Å². The largest absolute Gasteiger partial charge is 0.341 e. The third-order valence-electron chi connectivity index (χ3n) is 11.3. The van der Waals surface area contributed by atoms with Crippen LogP contribution < -0.4 is 4.90 Å². The van der Waals surface area contributed by atoms with E-state index in [1.807, 2.05) is 0 Å². The minimum absolute atomic E-state index is 0.108. The second kappa shape index (κ2) is 10.7. The average Bonchev–Trinajstić information content (AvgIpc) is 3.39. The predicted octanol–water partition coefficient (Wildman–Crippen LogP) is 12.9. The molecule has 0 unspecified atom stereocenters. The summed E-state index contributed by atoms with van der Waals surface area (Å²) in [6.45, 7) is 5.82. The van der Waals surface area contributed by atoms with Gasteiger partial charge in [0.2, 0.25) is 0 Å². The summed E-state index contributed by atoms with van der Waals surface area (Å²) in [5, 5.41) is 7.82. The highest BCUT2D eigenvalue weighted by Crippen LogP contribution is 2.55. The Hall–Kier alpha value is -5.66. The summed E-state index contributed by atoms with van der Waals surface area (Å²) < 4.78 is 0. The van der Waals surface area contributed by atoms with E-state index in [0.717, 1.165) is 19.4 Å². The molecule has 1 aliphatic heterocycles. The molecule has 2 aliphatic rings. The van der Waals surface area contributed by atoms with E-state index in [1.54, 1.807) is 0 Å². The first-order valence-electron chi connectivity index (χ1n) is 17.7. The van der Waals surface area contributed by atoms with Gasteiger partial charge in [-0.15, -0.1) is 0 Å². The summed E-state index contributed by atoms with van der Waals surface area (Å²) in [5.41, 5.74) is 14.7. The van der Waals surface area contributed by atoms with Crippen LogP contribution in [-0.2, 0) is 11.8 Å². The van der Waals surface area contributed by atoms with Gasteiger partial charge in [-0.2, -0.15) is 0 Å². The van der Waals surface area contributed by atoms with Gasteiger partial charge in [0, 0.05) is 23.3 Å². The van der Waals surface area contributed by atoms with Gasteiger partial charge in [-0.05, 0) is 119 Å². The van der Waals surface area contributed by atoms with Gasteiger partial charge in [-0.1, -0.05) is 141 Å². The van der Waals surface area contributed by atoms with Gasteiger partial charge in [-0.25, -0.2) is 0 Å². The highest BCUT2D eigenvalue weighted by atomic mass is 15.1. The van der Waals surface area contributed by atoms with E-state index in [4.69, 9.17) is 0 Å². The van der Waals surface area contributed by atoms with Crippen LogP contribution in [0, 0.1) is 0 Å². The lowest BCUT2D eigenvalue weighted by atomic mass is 9.79. The van der Waals surface area contributed by atoms with Crippen LogP contribution in [0.25, 0.3) is 65.7 Å². The quantitative estimate of drug-likeness (QED) is 0.176. The Morgan fingerprint density at radius 1 is 0.469 bits per heavy atom. The Kier molecular flexibility index (Phi) is 6.18. The predicted molar refractivity (Wildman–Crippen MR) is 209 cm³/mol. The Morgan fingerprint density at radius 3 is 1.92 bits per heavy atom. The highest BCUT2D eigenvalue weighted by molar-refractivity contribution is 6.25. The van der Waals surface area contributed by atoms with Crippen LogP contribution in [0.3, 0.4) is 0 Å². The van der Waals surface area contributed by atoms with Crippen molar-refractivity contribution in [2.24, 2.45) is 0 Å². The zero-order valence-corrected chi connectivity index (χ0v) is 28.0. The molecule has 0 fully saturated rings. The minimum Gasteiger partial charge on any atom is -0.341 e. The van der Waals surface area contributed by atoms with E-state index in [0.29, 0.717) is 0 Å². The van der Waals surface area contributed by atoms with Gasteiger partial charge in [0.05, 0.1) is 0 Å². The third kappa shape index (κ3) is 4.12. The van der Waals surface area contributed by atoms with E-state index in [-0.39, 0.29) is 5.41 Å². The Bertz CT molecular complexity index is 2610. The maximum atomic E-state index is 2.55. The Morgan fingerprint density at radius 2 is 1.10 bits per heavy atom. The summed E-state index contributed by atoms with van der Waals surface area (Å²) in [7, 11) is 0. The fourth-order valence-electron chi connectivity index (χ4n) is 9.10. The van der Waals surface area contributed by atoms with Gasteiger partial charge >= 0.3 is 0 Å². The fraction of sp³-hybridized carbons (Fsp3) is 0.125. The number of fused-ring (bicyclic) bond motifs is 8. The van der Waals surface area contributed by atoms with Crippen molar-refractivity contribution in [2.45, 2.75) is 32.1 Å². The van der Waals surface area contributed by atoms with Gasteiger partial charge < -0.3 is 4.90 Å². The molecule has 0 saturated carbocycles. The molecule has 8 aromatic rings. The van der Waals surface area contributed by atoms with Crippen molar-refractivity contribution in [1.82, 2.24) is 0 Å². The lowest BCUT2D eigenvalue weighted by Crippen LogP contribution is -2.24. The van der Waals surface area contributed by atoms with Crippen LogP contribution >= 0.6 is 0 Å². The molecular weight excluding hydrogens is 591 g/mol. The number of anilines is 2. The monoisotopic (exact) mass is 627 g/mol. The van der Waals surface area contributed by atoms with Crippen LogP contribution in [0.2, 0.25) is 0 Å². The second-order valence-electron chi connectivity index (χ2n) is 14.3. The van der Waals surface area contributed by atoms with Gasteiger partial charge in [0.15, 0.2) is 0 Å². The smallest absolute Gasteiger partial charge is 0.0443 e. The normalized spacial score (nSPS) is 14.6. The lowest BCUT2D eigenvalue weighted by molar-refractivity contribution is 0.661. The molecule has 1 nitrogen and oxygen atoms in total. The van der Waals surface area contributed by atoms with Crippen molar-refractivity contribution in [3.8, 4) is 33.4 Å². The topological polar surface area (TPSA) is 3.24 Å². The van der Waals surface area contributed by atoms with Crippen molar-refractivity contribution in [1.29, 1.82) is 0 Å². The molecule has 234 valence electrons. The molecule has 0 saturated heterocycles. The Balaban J connectivity index is 1.35. The molecule has 0 spiro atoms. The molecule has 49 heavy (non-hydrogen) atoms. The molecule has 1 aliphatic carbocycles. The SMILES string of the molecule is CC1(C)c2ccccc2-c2c1cc(-c1c3ccccc3c(-c3ccccc3)c3ccc(N4CCCc5ccccc54)cc13)c1ccccc21. The maximum absolute atomic E-state index is 2.55. The van der Waals surface area contributed by atoms with Crippen LogP contribution in [0.4, 0.5) is 11.4 Å². The van der Waals surface area contributed by atoms with Crippen LogP contribution in [0.1, 0.15) is 37.0 Å². The Labute approximate surface area is 288 Å². The number of hydrogen-bond donors (Lipinski definition) is 0. The summed E-state index contributed by atoms with van der Waals surface area (Å²) in [6.07, 6.45) is 2.29. The third-order valence-corrected chi connectivity index (χ3v) is 11.3. The van der Waals surface area contributed by atoms with Crippen molar-refractivity contribution in [3.63, 3.8) is 0 Å². The summed E-state index contributed by atoms with van der Waals surface area (Å²) >= 11 is 0. The molecule has 0 N–H and O–H groups in total. The van der Waals surface area contributed by atoms with Crippen molar-refractivity contribution < 1.29 is 0 Å². The molecule has 10 rings (SSSR count). The molecule has 0 aromatic heterocycles. The minimum atomic E-state index is -0.108. The first-order chi connectivity index (χ1) is 24.1. The molecule has 0 bridgehead atoms. The number of para-hydroxylation sites is 1. The molecule has 0 radical (unpaired) electrons. The number of rotatable bonds is 3. The van der Waals surface area contributed by atoms with E-state index >= 15 is 0 Å². The van der Waals surface area contributed by atoms with Crippen LogP contribution in [-0.4, -0.2) is 6.54 Å². The highest BCUT2D eigenvalue weighted by Gasteiger charge is 2.37. The molecule has 0 atom stereocenters. The number of aryl methyl sites for hydroxylation is 1. The molecule has 8 aromatic carbocycles. The summed E-state index contributed by atoms with van der Waals surface area (Å²) in [6, 6.07) is 56.9. The zero-order valence-electron chi connectivity index (χ0n) is 28.0. The van der Waals surface area contributed by atoms with Gasteiger partial charge in [-0.3, -0.25) is 0 Å². The number of hydrogen-bond acceptors (Lipinski definition) is 1. The fourth-order valence-corrected chi connectivity index (χ4v) is 9.10. The summed E-state index contributed by atoms with van der Waals surface area (Å²) in [5.74, 6) is 0. The van der Waals surface area contributed by atoms with Crippen molar-refractivity contribution in [2.75, 3.05) is 11.4 Å². The zero-order chi connectivity index (χ0) is 32.7. The number of nitrogens with zero attached hydrogens (tertiary/aromatic N) is 1. The standard InChI is InChI=1S/C48H37N/c1-48(2)42-24-12-11-23-39(42)47-35-20-8-7-19-34(35)41(30-43(47)48)46-37-22-10-9-21-36(37)45(32-16-4-3-5-17-32)38-27-26-33(29-40(38)46)49-28-14-18-31-15-6-13-25-44(31)49/h3-13,15-17,19-27,29-30H,14,18,28H2,1-2H3. The molecule has 1 heteroatoms. The summed E-state index contributed by atoms with van der Waals surface area (Å²) in [4.78, 5) is 2.54. The molecule has 1 heterocycles. The van der Waals surface area contributed by atoms with E-state index in [2.05, 4.69) is 170 Å². The molecule has 0 amide bonds. The van der Waals surface area contributed by atoms with Gasteiger partial charge in [0.1, 0.15) is 0 Å². The maximum Gasteiger partial charge on any atom is 0.0443 e. The van der Waals surface area contributed by atoms with Crippen molar-refractivity contribution >= 4 is 43.7 Å². The van der Waals surface area contributed by atoms with Crippen LogP contribution in [0.5, 0.6) is 0 Å². The van der Waals surface area contributed by atoms with Gasteiger partial charge in [0.25, 0.3) is 0 Å². The average molecular weight is 628 g/mol. The first kappa shape index (κ1) is 28.4. The first-order valence-corrected chi connectivity index (χ1v) is 17.7.